The predicted molar refractivity (Wildman–Crippen MR) is 104 cm³/mol. The molecular formula is C17H25FIN3O3. The van der Waals surface area contributed by atoms with Gasteiger partial charge in [-0.15, -0.1) is 24.0 Å². The molecule has 2 aliphatic heterocycles. The third-order valence-corrected chi connectivity index (χ3v) is 4.32. The molecule has 0 amide bonds. The standard InChI is InChI=1S/C17H24FN3O3.HI/c1-19-17(21(2)8-12-3-4-22-9-12)20-7-13-5-15(18)6-14-10-23-11-24-16(13)14;/h5-6,12H,3-4,7-11H2,1-2H3,(H,19,20);1H. The minimum Gasteiger partial charge on any atom is -0.467 e. The summed E-state index contributed by atoms with van der Waals surface area (Å²) >= 11 is 0. The number of halogens is 2. The van der Waals surface area contributed by atoms with E-state index in [1.54, 1.807) is 7.05 Å². The van der Waals surface area contributed by atoms with Crippen molar-refractivity contribution in [2.45, 2.75) is 19.6 Å². The molecule has 0 radical (unpaired) electrons. The number of rotatable bonds is 4. The highest BCUT2D eigenvalue weighted by molar-refractivity contribution is 14.0. The van der Waals surface area contributed by atoms with E-state index in [1.165, 1.54) is 12.1 Å². The van der Waals surface area contributed by atoms with Crippen LogP contribution in [0.15, 0.2) is 17.1 Å². The monoisotopic (exact) mass is 465 g/mol. The number of benzene rings is 1. The topological polar surface area (TPSA) is 55.3 Å². The molecule has 1 atom stereocenters. The van der Waals surface area contributed by atoms with Crippen LogP contribution in [-0.4, -0.2) is 51.5 Å². The summed E-state index contributed by atoms with van der Waals surface area (Å²) in [5, 5.41) is 3.28. The van der Waals surface area contributed by atoms with Gasteiger partial charge in [-0.3, -0.25) is 4.99 Å². The summed E-state index contributed by atoms with van der Waals surface area (Å²) in [5.74, 6) is 1.71. The predicted octanol–water partition coefficient (Wildman–Crippen LogP) is 2.35. The highest BCUT2D eigenvalue weighted by atomic mass is 127. The van der Waals surface area contributed by atoms with Crippen molar-refractivity contribution in [3.8, 4) is 5.75 Å². The van der Waals surface area contributed by atoms with Gasteiger partial charge in [0.25, 0.3) is 0 Å². The fraction of sp³-hybridized carbons (Fsp3) is 0.588. The molecule has 1 N–H and O–H groups in total. The van der Waals surface area contributed by atoms with E-state index in [-0.39, 0.29) is 36.6 Å². The number of nitrogens with zero attached hydrogens (tertiary/aromatic N) is 2. The van der Waals surface area contributed by atoms with E-state index < -0.39 is 0 Å². The Morgan fingerprint density at radius 2 is 2.24 bits per heavy atom. The molecular weight excluding hydrogens is 440 g/mol. The molecule has 6 nitrogen and oxygen atoms in total. The number of aliphatic imine (C=N–C) groups is 1. The van der Waals surface area contributed by atoms with Crippen LogP contribution in [0.25, 0.3) is 0 Å². The third kappa shape index (κ3) is 5.18. The molecule has 1 aromatic carbocycles. The SMILES string of the molecule is CN=C(NCc1cc(F)cc2c1OCOC2)N(C)CC1CCOC1.I. The van der Waals surface area contributed by atoms with Crippen LogP contribution in [0.4, 0.5) is 4.39 Å². The van der Waals surface area contributed by atoms with Crippen molar-refractivity contribution < 1.29 is 18.6 Å². The van der Waals surface area contributed by atoms with Crippen LogP contribution in [0.1, 0.15) is 17.5 Å². The molecule has 2 heterocycles. The number of guanidine groups is 1. The van der Waals surface area contributed by atoms with E-state index in [9.17, 15) is 4.39 Å². The van der Waals surface area contributed by atoms with Gasteiger partial charge in [-0.25, -0.2) is 4.39 Å². The average molecular weight is 465 g/mol. The van der Waals surface area contributed by atoms with Crippen LogP contribution in [0.3, 0.4) is 0 Å². The van der Waals surface area contributed by atoms with Crippen LogP contribution >= 0.6 is 24.0 Å². The summed E-state index contributed by atoms with van der Waals surface area (Å²) in [7, 11) is 3.74. The van der Waals surface area contributed by atoms with Gasteiger partial charge in [-0.1, -0.05) is 0 Å². The van der Waals surface area contributed by atoms with E-state index in [0.717, 1.165) is 43.3 Å². The van der Waals surface area contributed by atoms with Gasteiger partial charge in [-0.2, -0.15) is 0 Å². The summed E-state index contributed by atoms with van der Waals surface area (Å²) < 4.78 is 30.0. The Morgan fingerprint density at radius 1 is 1.40 bits per heavy atom. The summed E-state index contributed by atoms with van der Waals surface area (Å²) in [4.78, 5) is 6.39. The zero-order valence-electron chi connectivity index (χ0n) is 14.6. The number of hydrogen-bond acceptors (Lipinski definition) is 4. The Labute approximate surface area is 164 Å². The maximum absolute atomic E-state index is 13.8. The summed E-state index contributed by atoms with van der Waals surface area (Å²) in [5.41, 5.74) is 1.51. The van der Waals surface area contributed by atoms with Gasteiger partial charge in [0, 0.05) is 50.8 Å². The van der Waals surface area contributed by atoms with Gasteiger partial charge in [0.15, 0.2) is 12.8 Å². The molecule has 1 fully saturated rings. The Hall–Kier alpha value is -1.13. The fourth-order valence-electron chi connectivity index (χ4n) is 3.15. The first-order valence-corrected chi connectivity index (χ1v) is 8.18. The minimum absolute atomic E-state index is 0. The van der Waals surface area contributed by atoms with Crippen LogP contribution in [0, 0.1) is 11.7 Å². The lowest BCUT2D eigenvalue weighted by molar-refractivity contribution is -0.0173. The summed E-state index contributed by atoms with van der Waals surface area (Å²) in [6.07, 6.45) is 1.08. The van der Waals surface area contributed by atoms with Crippen molar-refractivity contribution in [1.82, 2.24) is 10.2 Å². The first-order valence-electron chi connectivity index (χ1n) is 8.18. The molecule has 140 valence electrons. The Morgan fingerprint density at radius 3 is 2.96 bits per heavy atom. The molecule has 25 heavy (non-hydrogen) atoms. The second-order valence-electron chi connectivity index (χ2n) is 6.17. The molecule has 0 aliphatic carbocycles. The molecule has 0 aromatic heterocycles. The highest BCUT2D eigenvalue weighted by Crippen LogP contribution is 2.29. The van der Waals surface area contributed by atoms with Crippen molar-refractivity contribution in [1.29, 1.82) is 0 Å². The van der Waals surface area contributed by atoms with Gasteiger partial charge in [-0.05, 0) is 18.6 Å². The van der Waals surface area contributed by atoms with E-state index in [4.69, 9.17) is 14.2 Å². The number of hydrogen-bond donors (Lipinski definition) is 1. The number of fused-ring (bicyclic) bond motifs is 1. The van der Waals surface area contributed by atoms with Gasteiger partial charge in [0.2, 0.25) is 0 Å². The maximum Gasteiger partial charge on any atom is 0.193 e. The number of ether oxygens (including phenoxy) is 3. The normalized spacial score (nSPS) is 19.6. The largest absolute Gasteiger partial charge is 0.467 e. The van der Waals surface area contributed by atoms with Gasteiger partial charge >= 0.3 is 0 Å². The Kier molecular flexibility index (Phi) is 7.70. The second kappa shape index (κ2) is 9.54. The first kappa shape index (κ1) is 20.2. The smallest absolute Gasteiger partial charge is 0.193 e. The van der Waals surface area contributed by atoms with Crippen molar-refractivity contribution >= 4 is 29.9 Å². The highest BCUT2D eigenvalue weighted by Gasteiger charge is 2.20. The molecule has 1 aromatic rings. The van der Waals surface area contributed by atoms with Crippen molar-refractivity contribution in [3.63, 3.8) is 0 Å². The second-order valence-corrected chi connectivity index (χ2v) is 6.17. The van der Waals surface area contributed by atoms with Crippen molar-refractivity contribution in [2.24, 2.45) is 10.9 Å². The van der Waals surface area contributed by atoms with E-state index >= 15 is 0 Å². The first-order chi connectivity index (χ1) is 11.7. The summed E-state index contributed by atoms with van der Waals surface area (Å²) in [6.45, 7) is 3.52. The van der Waals surface area contributed by atoms with E-state index in [1.807, 2.05) is 7.05 Å². The third-order valence-electron chi connectivity index (χ3n) is 4.32. The molecule has 2 aliphatic rings. The minimum atomic E-state index is -0.286. The average Bonchev–Trinajstić information content (AvgIpc) is 3.08. The molecule has 1 saturated heterocycles. The molecule has 0 bridgehead atoms. The van der Waals surface area contributed by atoms with E-state index in [2.05, 4.69) is 15.2 Å². The zero-order chi connectivity index (χ0) is 16.9. The molecule has 0 saturated carbocycles. The zero-order valence-corrected chi connectivity index (χ0v) is 16.9. The number of nitrogens with one attached hydrogen (secondary N) is 1. The molecule has 1 unspecified atom stereocenters. The van der Waals surface area contributed by atoms with E-state index in [0.29, 0.717) is 24.8 Å². The van der Waals surface area contributed by atoms with Gasteiger partial charge < -0.3 is 24.4 Å². The Balaban J connectivity index is 0.00000225. The fourth-order valence-corrected chi connectivity index (χ4v) is 3.15. The Bertz CT molecular complexity index is 609. The lowest BCUT2D eigenvalue weighted by atomic mass is 10.1. The lowest BCUT2D eigenvalue weighted by Gasteiger charge is -2.26. The van der Waals surface area contributed by atoms with Crippen molar-refractivity contribution in [3.05, 3.63) is 29.1 Å². The maximum atomic E-state index is 13.8. The molecule has 3 rings (SSSR count). The van der Waals surface area contributed by atoms with Crippen LogP contribution in [0.5, 0.6) is 5.75 Å². The van der Waals surface area contributed by atoms with Gasteiger partial charge in [0.1, 0.15) is 11.6 Å². The summed E-state index contributed by atoms with van der Waals surface area (Å²) in [6, 6.07) is 2.95. The van der Waals surface area contributed by atoms with Crippen molar-refractivity contribution in [2.75, 3.05) is 40.6 Å². The van der Waals surface area contributed by atoms with Crippen LogP contribution in [-0.2, 0) is 22.6 Å². The molecule has 8 heteroatoms. The lowest BCUT2D eigenvalue weighted by Crippen LogP contribution is -2.41. The molecule has 0 spiro atoms. The quantitative estimate of drug-likeness (QED) is 0.421. The van der Waals surface area contributed by atoms with Gasteiger partial charge in [0.05, 0.1) is 13.2 Å². The van der Waals surface area contributed by atoms with Crippen LogP contribution in [0.2, 0.25) is 0 Å². The van der Waals surface area contributed by atoms with Crippen LogP contribution < -0.4 is 10.1 Å².